The van der Waals surface area contributed by atoms with Gasteiger partial charge < -0.3 is 5.73 Å². The molecule has 0 saturated carbocycles. The lowest BCUT2D eigenvalue weighted by Gasteiger charge is -2.03. The Morgan fingerprint density at radius 1 is 1.55 bits per heavy atom. The molecule has 0 radical (unpaired) electrons. The summed E-state index contributed by atoms with van der Waals surface area (Å²) in [5.74, 6) is 0.664. The maximum Gasteiger partial charge on any atom is -0.00596 e. The quantitative estimate of drug-likeness (QED) is 0.614. The molecule has 0 heterocycles. The summed E-state index contributed by atoms with van der Waals surface area (Å²) >= 11 is 0. The zero-order valence-electron chi connectivity index (χ0n) is 7.38. The van der Waals surface area contributed by atoms with Crippen molar-refractivity contribution < 1.29 is 0 Å². The molecule has 11 heavy (non-hydrogen) atoms. The Morgan fingerprint density at radius 2 is 2.18 bits per heavy atom. The number of allylic oxidation sites excluding steroid dienone is 4. The van der Waals surface area contributed by atoms with E-state index in [2.05, 4.69) is 20.4 Å². The van der Waals surface area contributed by atoms with E-state index in [0.717, 1.165) is 6.42 Å². The van der Waals surface area contributed by atoms with E-state index in [1.165, 1.54) is 5.57 Å². The molecule has 0 amide bonds. The van der Waals surface area contributed by atoms with Gasteiger partial charge in [-0.3, -0.25) is 0 Å². The summed E-state index contributed by atoms with van der Waals surface area (Å²) in [6.07, 6.45) is 8.32. The van der Waals surface area contributed by atoms with E-state index in [4.69, 9.17) is 5.73 Å². The van der Waals surface area contributed by atoms with E-state index in [-0.39, 0.29) is 0 Å². The first-order valence-corrected chi connectivity index (χ1v) is 3.90. The predicted octanol–water partition coefficient (Wildman–Crippen LogP) is 2.62. The van der Waals surface area contributed by atoms with E-state index in [0.29, 0.717) is 5.92 Å². The highest BCUT2D eigenvalue weighted by molar-refractivity contribution is 5.22. The van der Waals surface area contributed by atoms with E-state index >= 15 is 0 Å². The Hall–Kier alpha value is -0.980. The number of nitrogens with two attached hydrogens (primary N) is 1. The van der Waals surface area contributed by atoms with Gasteiger partial charge in [0.1, 0.15) is 0 Å². The van der Waals surface area contributed by atoms with Crippen LogP contribution < -0.4 is 5.73 Å². The molecule has 0 fully saturated rings. The van der Waals surface area contributed by atoms with Gasteiger partial charge in [-0.15, -0.1) is 0 Å². The molecule has 0 rings (SSSR count). The molecule has 0 aliphatic rings. The molecule has 0 bridgehead atoms. The summed E-state index contributed by atoms with van der Waals surface area (Å²) in [6, 6.07) is 0. The fourth-order valence-electron chi connectivity index (χ4n) is 0.938. The molecular weight excluding hydrogens is 134 g/mol. The summed E-state index contributed by atoms with van der Waals surface area (Å²) in [5, 5.41) is 0. The van der Waals surface area contributed by atoms with Crippen LogP contribution in [0.25, 0.3) is 0 Å². The van der Waals surface area contributed by atoms with Crippen molar-refractivity contribution in [2.24, 2.45) is 11.7 Å². The monoisotopic (exact) mass is 151 g/mol. The average Bonchev–Trinajstić information content (AvgIpc) is 1.87. The van der Waals surface area contributed by atoms with Crippen LogP contribution in [-0.4, -0.2) is 0 Å². The summed E-state index contributed by atoms with van der Waals surface area (Å²) in [5.41, 5.74) is 6.51. The zero-order valence-corrected chi connectivity index (χ0v) is 7.38. The first-order valence-electron chi connectivity index (χ1n) is 3.90. The molecular formula is C10H17N. The highest BCUT2D eigenvalue weighted by Crippen LogP contribution is 2.11. The minimum atomic E-state index is 0.664. The third-order valence-electron chi connectivity index (χ3n) is 1.29. The lowest BCUT2D eigenvalue weighted by molar-refractivity contribution is 0.650. The van der Waals surface area contributed by atoms with Crippen molar-refractivity contribution in [1.29, 1.82) is 0 Å². The fraction of sp³-hybridized carbons (Fsp3) is 0.400. The Bertz CT molecular complexity index is 164. The fourth-order valence-corrected chi connectivity index (χ4v) is 0.938. The Balaban J connectivity index is 4.11. The normalized spacial score (nSPS) is 12.8. The van der Waals surface area contributed by atoms with Crippen molar-refractivity contribution in [2.45, 2.75) is 20.3 Å². The molecule has 0 aliphatic heterocycles. The minimum absolute atomic E-state index is 0.664. The van der Waals surface area contributed by atoms with Crippen LogP contribution in [-0.2, 0) is 0 Å². The molecule has 0 aromatic carbocycles. The van der Waals surface area contributed by atoms with Crippen LogP contribution in [0.1, 0.15) is 20.3 Å². The number of hydrogen-bond acceptors (Lipinski definition) is 1. The Morgan fingerprint density at radius 3 is 2.55 bits per heavy atom. The smallest absolute Gasteiger partial charge is 0.00596 e. The number of hydrogen-bond donors (Lipinski definition) is 1. The largest absolute Gasteiger partial charge is 0.405 e. The predicted molar refractivity (Wildman–Crippen MR) is 51.1 cm³/mol. The maximum absolute atomic E-state index is 5.28. The Kier molecular flexibility index (Phi) is 5.26. The highest BCUT2D eigenvalue weighted by Gasteiger charge is 1.95. The lowest BCUT2D eigenvalue weighted by atomic mass is 10.0. The van der Waals surface area contributed by atoms with Gasteiger partial charge in [0.25, 0.3) is 0 Å². The van der Waals surface area contributed by atoms with Gasteiger partial charge in [-0.25, -0.2) is 0 Å². The third-order valence-corrected chi connectivity index (χ3v) is 1.29. The maximum atomic E-state index is 5.28. The van der Waals surface area contributed by atoms with Gasteiger partial charge in [-0.1, -0.05) is 32.6 Å². The molecule has 1 heteroatoms. The van der Waals surface area contributed by atoms with Crippen LogP contribution in [0, 0.1) is 5.92 Å². The van der Waals surface area contributed by atoms with Crippen LogP contribution in [0.4, 0.5) is 0 Å². The number of rotatable bonds is 4. The van der Waals surface area contributed by atoms with Crippen LogP contribution in [0.2, 0.25) is 0 Å². The molecule has 0 atom stereocenters. The molecule has 62 valence electrons. The molecule has 0 saturated heterocycles. The van der Waals surface area contributed by atoms with Crippen molar-refractivity contribution in [3.63, 3.8) is 0 Å². The highest BCUT2D eigenvalue weighted by atomic mass is 14.5. The average molecular weight is 151 g/mol. The summed E-state index contributed by atoms with van der Waals surface area (Å²) in [7, 11) is 0. The van der Waals surface area contributed by atoms with E-state index in [9.17, 15) is 0 Å². The van der Waals surface area contributed by atoms with E-state index < -0.39 is 0 Å². The van der Waals surface area contributed by atoms with Crippen molar-refractivity contribution >= 4 is 0 Å². The molecule has 1 nitrogen and oxygen atoms in total. The summed E-state index contributed by atoms with van der Waals surface area (Å²) < 4.78 is 0. The third kappa shape index (κ3) is 5.46. The van der Waals surface area contributed by atoms with Gasteiger partial charge in [-0.05, 0) is 30.2 Å². The van der Waals surface area contributed by atoms with Crippen LogP contribution >= 0.6 is 0 Å². The molecule has 0 aliphatic carbocycles. The molecule has 0 unspecified atom stereocenters. The standard InChI is InChI=1S/C10H17N/c1-4-5-10(6-7-11)8-9(2)3/h4-7,9H,1,8,11H2,2-3H3/b7-6-,10-5+. The van der Waals surface area contributed by atoms with Crippen molar-refractivity contribution in [1.82, 2.24) is 0 Å². The second-order valence-electron chi connectivity index (χ2n) is 2.93. The lowest BCUT2D eigenvalue weighted by Crippen LogP contribution is -1.90. The van der Waals surface area contributed by atoms with Gasteiger partial charge in [0.2, 0.25) is 0 Å². The van der Waals surface area contributed by atoms with E-state index in [1.54, 1.807) is 12.3 Å². The second kappa shape index (κ2) is 5.78. The Labute approximate surface area is 69.3 Å². The van der Waals surface area contributed by atoms with Gasteiger partial charge in [0, 0.05) is 0 Å². The second-order valence-corrected chi connectivity index (χ2v) is 2.93. The van der Waals surface area contributed by atoms with Gasteiger partial charge in [0.05, 0.1) is 0 Å². The van der Waals surface area contributed by atoms with E-state index in [1.807, 2.05) is 12.2 Å². The molecule has 0 aromatic heterocycles. The first kappa shape index (κ1) is 10.0. The zero-order chi connectivity index (χ0) is 8.69. The molecule has 0 spiro atoms. The molecule has 2 N–H and O–H groups in total. The van der Waals surface area contributed by atoms with Crippen molar-refractivity contribution in [3.8, 4) is 0 Å². The minimum Gasteiger partial charge on any atom is -0.405 e. The first-order chi connectivity index (χ1) is 5.20. The van der Waals surface area contributed by atoms with Gasteiger partial charge in [0.15, 0.2) is 0 Å². The summed E-state index contributed by atoms with van der Waals surface area (Å²) in [4.78, 5) is 0. The topological polar surface area (TPSA) is 26.0 Å². The van der Waals surface area contributed by atoms with Gasteiger partial charge >= 0.3 is 0 Å². The SMILES string of the molecule is C=C/C=C(\C=C/N)CC(C)C. The van der Waals surface area contributed by atoms with Crippen LogP contribution in [0.15, 0.2) is 36.6 Å². The van der Waals surface area contributed by atoms with Crippen molar-refractivity contribution in [3.05, 3.63) is 36.6 Å². The van der Waals surface area contributed by atoms with Crippen LogP contribution in [0.3, 0.4) is 0 Å². The van der Waals surface area contributed by atoms with Gasteiger partial charge in [-0.2, -0.15) is 0 Å². The summed E-state index contributed by atoms with van der Waals surface area (Å²) in [6.45, 7) is 8.00. The van der Waals surface area contributed by atoms with Crippen LogP contribution in [0.5, 0.6) is 0 Å². The molecule has 0 aromatic rings. The van der Waals surface area contributed by atoms with Crippen molar-refractivity contribution in [2.75, 3.05) is 0 Å².